The predicted molar refractivity (Wildman–Crippen MR) is 60.6 cm³/mol. The molecule has 0 radical (unpaired) electrons. The Bertz CT molecular complexity index is 433. The second kappa shape index (κ2) is 5.66. The number of carbonyl (C=O) groups excluding carboxylic acids is 1. The summed E-state index contributed by atoms with van der Waals surface area (Å²) in [5.41, 5.74) is 0. The average molecular weight is 236 g/mol. The van der Waals surface area contributed by atoms with Gasteiger partial charge < -0.3 is 18.9 Å². The van der Waals surface area contributed by atoms with Crippen LogP contribution in [0.3, 0.4) is 0 Å². The number of hydrogen-bond donors (Lipinski definition) is 0. The lowest BCUT2D eigenvalue weighted by molar-refractivity contribution is -0.128. The standard InChI is InChI=1S/C12H12O5/c1-5-11(13)17-8-6-9(14-2)12(16-4)10(7-8)15-3/h1,6-7H,2-4H3. The molecular weight excluding hydrogens is 224 g/mol. The molecule has 0 aliphatic heterocycles. The number of hydrogen-bond acceptors (Lipinski definition) is 5. The van der Waals surface area contributed by atoms with Crippen LogP contribution in [0.25, 0.3) is 0 Å². The minimum atomic E-state index is -0.792. The molecule has 0 fully saturated rings. The predicted octanol–water partition coefficient (Wildman–Crippen LogP) is 1.25. The van der Waals surface area contributed by atoms with Crippen molar-refractivity contribution in [3.8, 4) is 35.3 Å². The van der Waals surface area contributed by atoms with Gasteiger partial charge in [-0.2, -0.15) is 0 Å². The molecule has 90 valence electrons. The van der Waals surface area contributed by atoms with Gasteiger partial charge in [0.2, 0.25) is 5.75 Å². The third-order valence-corrected chi connectivity index (χ3v) is 1.97. The molecule has 0 saturated carbocycles. The van der Waals surface area contributed by atoms with Crippen LogP contribution >= 0.6 is 0 Å². The number of carbonyl (C=O) groups is 1. The van der Waals surface area contributed by atoms with E-state index in [9.17, 15) is 4.79 Å². The van der Waals surface area contributed by atoms with E-state index in [0.717, 1.165) is 0 Å². The summed E-state index contributed by atoms with van der Waals surface area (Å²) < 4.78 is 20.1. The zero-order chi connectivity index (χ0) is 12.8. The maximum absolute atomic E-state index is 11.0. The third-order valence-electron chi connectivity index (χ3n) is 1.97. The first kappa shape index (κ1) is 12.7. The van der Waals surface area contributed by atoms with Gasteiger partial charge in [-0.1, -0.05) is 0 Å². The van der Waals surface area contributed by atoms with Crippen molar-refractivity contribution in [2.24, 2.45) is 0 Å². The summed E-state index contributed by atoms with van der Waals surface area (Å²) in [7, 11) is 4.40. The minimum absolute atomic E-state index is 0.224. The topological polar surface area (TPSA) is 54.0 Å². The maximum atomic E-state index is 11.0. The summed E-state index contributed by atoms with van der Waals surface area (Å²) in [6.07, 6.45) is 4.91. The van der Waals surface area contributed by atoms with E-state index in [1.165, 1.54) is 33.5 Å². The molecule has 1 rings (SSSR count). The number of benzene rings is 1. The second-order valence-electron chi connectivity index (χ2n) is 2.89. The molecule has 0 aliphatic rings. The first-order chi connectivity index (χ1) is 8.15. The Morgan fingerprint density at radius 2 is 1.65 bits per heavy atom. The van der Waals surface area contributed by atoms with Crippen LogP contribution in [0.15, 0.2) is 12.1 Å². The number of terminal acetylenes is 1. The molecular formula is C12H12O5. The van der Waals surface area contributed by atoms with Gasteiger partial charge in [-0.15, -0.1) is 6.42 Å². The Kier molecular flexibility index (Phi) is 4.23. The SMILES string of the molecule is C#CC(=O)Oc1cc(OC)c(OC)c(OC)c1. The second-order valence-corrected chi connectivity index (χ2v) is 2.89. The first-order valence-electron chi connectivity index (χ1n) is 4.64. The van der Waals surface area contributed by atoms with Crippen molar-refractivity contribution in [3.05, 3.63) is 12.1 Å². The molecule has 17 heavy (non-hydrogen) atoms. The fourth-order valence-electron chi connectivity index (χ4n) is 1.25. The van der Waals surface area contributed by atoms with Crippen molar-refractivity contribution >= 4 is 5.97 Å². The van der Waals surface area contributed by atoms with E-state index in [-0.39, 0.29) is 5.75 Å². The molecule has 1 aromatic carbocycles. The Morgan fingerprint density at radius 1 is 1.12 bits per heavy atom. The summed E-state index contributed by atoms with van der Waals surface area (Å²) in [6.45, 7) is 0. The summed E-state index contributed by atoms with van der Waals surface area (Å²) in [4.78, 5) is 11.0. The highest BCUT2D eigenvalue weighted by molar-refractivity contribution is 5.89. The van der Waals surface area contributed by atoms with Gasteiger partial charge >= 0.3 is 5.97 Å². The molecule has 0 bridgehead atoms. The summed E-state index contributed by atoms with van der Waals surface area (Å²) in [5.74, 6) is 2.45. The molecule has 5 nitrogen and oxygen atoms in total. The zero-order valence-electron chi connectivity index (χ0n) is 9.77. The molecule has 0 heterocycles. The van der Waals surface area contributed by atoms with Crippen LogP contribution in [0.1, 0.15) is 0 Å². The van der Waals surface area contributed by atoms with Gasteiger partial charge in [0, 0.05) is 18.1 Å². The molecule has 1 aromatic rings. The lowest BCUT2D eigenvalue weighted by Crippen LogP contribution is -2.05. The van der Waals surface area contributed by atoms with Crippen LogP contribution in [-0.2, 0) is 4.79 Å². The van der Waals surface area contributed by atoms with Crippen LogP contribution in [0.4, 0.5) is 0 Å². The first-order valence-corrected chi connectivity index (χ1v) is 4.64. The Labute approximate surface area is 99.2 Å². The highest BCUT2D eigenvalue weighted by Gasteiger charge is 2.14. The molecule has 0 aliphatic carbocycles. The Morgan fingerprint density at radius 3 is 2.00 bits per heavy atom. The van der Waals surface area contributed by atoms with E-state index in [1.54, 1.807) is 0 Å². The van der Waals surface area contributed by atoms with Crippen molar-refractivity contribution in [1.29, 1.82) is 0 Å². The molecule has 0 N–H and O–H groups in total. The van der Waals surface area contributed by atoms with Crippen LogP contribution in [-0.4, -0.2) is 27.3 Å². The van der Waals surface area contributed by atoms with Crippen molar-refractivity contribution in [1.82, 2.24) is 0 Å². The average Bonchev–Trinajstić information content (AvgIpc) is 2.37. The van der Waals surface area contributed by atoms with Crippen LogP contribution in [0.5, 0.6) is 23.0 Å². The molecule has 0 saturated heterocycles. The van der Waals surface area contributed by atoms with Gasteiger partial charge in [0.25, 0.3) is 0 Å². The van der Waals surface area contributed by atoms with Gasteiger partial charge in [-0.05, 0) is 0 Å². The highest BCUT2D eigenvalue weighted by Crippen LogP contribution is 2.40. The molecule has 0 amide bonds. The molecule has 0 atom stereocenters. The largest absolute Gasteiger partial charge is 0.493 e. The van der Waals surface area contributed by atoms with Gasteiger partial charge in [-0.3, -0.25) is 0 Å². The van der Waals surface area contributed by atoms with Gasteiger partial charge in [0.15, 0.2) is 11.5 Å². The van der Waals surface area contributed by atoms with Crippen molar-refractivity contribution < 1.29 is 23.7 Å². The van der Waals surface area contributed by atoms with Crippen molar-refractivity contribution in [3.63, 3.8) is 0 Å². The number of rotatable bonds is 4. The third kappa shape index (κ3) is 2.82. The fraction of sp³-hybridized carbons (Fsp3) is 0.250. The van der Waals surface area contributed by atoms with Crippen LogP contribution in [0.2, 0.25) is 0 Å². The van der Waals surface area contributed by atoms with E-state index in [0.29, 0.717) is 17.2 Å². The van der Waals surface area contributed by atoms with E-state index < -0.39 is 5.97 Å². The van der Waals surface area contributed by atoms with E-state index in [2.05, 4.69) is 0 Å². The van der Waals surface area contributed by atoms with Gasteiger partial charge in [0.05, 0.1) is 21.3 Å². The van der Waals surface area contributed by atoms with E-state index in [4.69, 9.17) is 25.4 Å². The Balaban J connectivity index is 3.18. The molecule has 0 aromatic heterocycles. The minimum Gasteiger partial charge on any atom is -0.493 e. The molecule has 5 heteroatoms. The summed E-state index contributed by atoms with van der Waals surface area (Å²) in [6, 6.07) is 2.97. The fourth-order valence-corrected chi connectivity index (χ4v) is 1.25. The summed E-state index contributed by atoms with van der Waals surface area (Å²) >= 11 is 0. The van der Waals surface area contributed by atoms with Crippen LogP contribution < -0.4 is 18.9 Å². The van der Waals surface area contributed by atoms with Crippen molar-refractivity contribution in [2.75, 3.05) is 21.3 Å². The number of methoxy groups -OCH3 is 3. The Hall–Kier alpha value is -2.35. The normalized spacial score (nSPS) is 9.06. The monoisotopic (exact) mass is 236 g/mol. The zero-order valence-corrected chi connectivity index (χ0v) is 9.77. The number of esters is 1. The van der Waals surface area contributed by atoms with Gasteiger partial charge in [-0.25, -0.2) is 4.79 Å². The van der Waals surface area contributed by atoms with E-state index >= 15 is 0 Å². The lowest BCUT2D eigenvalue weighted by atomic mass is 10.2. The van der Waals surface area contributed by atoms with Crippen LogP contribution in [0, 0.1) is 12.3 Å². The maximum Gasteiger partial charge on any atom is 0.389 e. The quantitative estimate of drug-likeness (QED) is 0.341. The van der Waals surface area contributed by atoms with Crippen molar-refractivity contribution in [2.45, 2.75) is 0 Å². The number of ether oxygens (including phenoxy) is 4. The van der Waals surface area contributed by atoms with E-state index in [1.807, 2.05) is 5.92 Å². The summed E-state index contributed by atoms with van der Waals surface area (Å²) in [5, 5.41) is 0. The van der Waals surface area contributed by atoms with Gasteiger partial charge in [0.1, 0.15) is 5.75 Å². The highest BCUT2D eigenvalue weighted by atomic mass is 16.5. The lowest BCUT2D eigenvalue weighted by Gasteiger charge is -2.13. The molecule has 0 unspecified atom stereocenters. The smallest absolute Gasteiger partial charge is 0.389 e. The molecule has 0 spiro atoms.